The van der Waals surface area contributed by atoms with Gasteiger partial charge in [0.25, 0.3) is 11.1 Å². The van der Waals surface area contributed by atoms with Gasteiger partial charge in [0.2, 0.25) is 5.91 Å². The SMILES string of the molecule is Cc1nn(CC(=O)Nc2cc(-c3nn(C)c(=O)c4ccccc34)ccc2N2CCCCC2)c(=O)c2ccccc12. The average molecular weight is 535 g/mol. The second kappa shape index (κ2) is 10.4. The molecule has 1 aliphatic heterocycles. The van der Waals surface area contributed by atoms with E-state index in [0.717, 1.165) is 48.0 Å². The van der Waals surface area contributed by atoms with Crippen molar-refractivity contribution in [1.82, 2.24) is 19.6 Å². The van der Waals surface area contributed by atoms with Gasteiger partial charge in [0, 0.05) is 36.5 Å². The second-order valence-corrected chi connectivity index (χ2v) is 10.2. The highest BCUT2D eigenvalue weighted by Crippen LogP contribution is 2.34. The van der Waals surface area contributed by atoms with Crippen LogP contribution in [-0.4, -0.2) is 38.6 Å². The highest BCUT2D eigenvalue weighted by atomic mass is 16.2. The van der Waals surface area contributed by atoms with E-state index in [0.29, 0.717) is 27.8 Å². The molecule has 0 bridgehead atoms. The lowest BCUT2D eigenvalue weighted by Crippen LogP contribution is -2.32. The molecule has 9 heteroatoms. The van der Waals surface area contributed by atoms with Gasteiger partial charge in [-0.15, -0.1) is 0 Å². The van der Waals surface area contributed by atoms with Crippen molar-refractivity contribution in [3.63, 3.8) is 0 Å². The van der Waals surface area contributed by atoms with E-state index in [1.54, 1.807) is 25.2 Å². The Balaban J connectivity index is 1.40. The molecule has 2 aromatic heterocycles. The highest BCUT2D eigenvalue weighted by Gasteiger charge is 2.20. The van der Waals surface area contributed by atoms with E-state index < -0.39 is 0 Å². The van der Waals surface area contributed by atoms with Crippen LogP contribution in [0.2, 0.25) is 0 Å². The van der Waals surface area contributed by atoms with Gasteiger partial charge < -0.3 is 10.2 Å². The molecule has 3 heterocycles. The third-order valence-electron chi connectivity index (χ3n) is 7.54. The summed E-state index contributed by atoms with van der Waals surface area (Å²) in [7, 11) is 1.64. The molecule has 1 saturated heterocycles. The first-order chi connectivity index (χ1) is 19.4. The summed E-state index contributed by atoms with van der Waals surface area (Å²) in [6.07, 6.45) is 3.34. The fraction of sp³-hybridized carbons (Fsp3) is 0.258. The Labute approximate surface area is 230 Å². The van der Waals surface area contributed by atoms with Crippen molar-refractivity contribution in [3.8, 4) is 11.3 Å². The van der Waals surface area contributed by atoms with Gasteiger partial charge >= 0.3 is 0 Å². The summed E-state index contributed by atoms with van der Waals surface area (Å²) in [5.41, 5.74) is 3.20. The molecule has 202 valence electrons. The minimum atomic E-state index is -0.349. The van der Waals surface area contributed by atoms with Crippen molar-refractivity contribution in [2.45, 2.75) is 32.7 Å². The highest BCUT2D eigenvalue weighted by molar-refractivity contribution is 5.98. The maximum atomic E-state index is 13.4. The van der Waals surface area contributed by atoms with Crippen molar-refractivity contribution in [2.24, 2.45) is 7.05 Å². The fourth-order valence-electron chi connectivity index (χ4n) is 5.54. The largest absolute Gasteiger partial charge is 0.370 e. The average Bonchev–Trinajstić information content (AvgIpc) is 2.98. The zero-order valence-corrected chi connectivity index (χ0v) is 22.6. The lowest BCUT2D eigenvalue weighted by Gasteiger charge is -2.31. The first-order valence-corrected chi connectivity index (χ1v) is 13.5. The van der Waals surface area contributed by atoms with Crippen molar-refractivity contribution in [2.75, 3.05) is 23.3 Å². The molecule has 0 saturated carbocycles. The normalized spacial score (nSPS) is 13.6. The van der Waals surface area contributed by atoms with Crippen LogP contribution in [0.25, 0.3) is 32.8 Å². The molecule has 3 aromatic carbocycles. The monoisotopic (exact) mass is 534 g/mol. The number of anilines is 2. The molecule has 1 N–H and O–H groups in total. The molecule has 1 aliphatic rings. The van der Waals surface area contributed by atoms with Crippen LogP contribution in [0.4, 0.5) is 11.4 Å². The summed E-state index contributed by atoms with van der Waals surface area (Å²) in [5, 5.41) is 14.7. The van der Waals surface area contributed by atoms with Crippen molar-refractivity contribution in [3.05, 3.63) is 93.1 Å². The maximum Gasteiger partial charge on any atom is 0.275 e. The number of piperidine rings is 1. The zero-order valence-electron chi connectivity index (χ0n) is 22.6. The number of aromatic nitrogens is 4. The number of carbonyl (C=O) groups is 1. The van der Waals surface area contributed by atoms with E-state index in [4.69, 9.17) is 0 Å². The first-order valence-electron chi connectivity index (χ1n) is 13.5. The van der Waals surface area contributed by atoms with E-state index in [-0.39, 0.29) is 23.6 Å². The van der Waals surface area contributed by atoms with E-state index >= 15 is 0 Å². The van der Waals surface area contributed by atoms with Gasteiger partial charge in [-0.25, -0.2) is 9.36 Å². The number of amides is 1. The molecule has 5 aromatic rings. The summed E-state index contributed by atoms with van der Waals surface area (Å²) in [4.78, 5) is 41.4. The van der Waals surface area contributed by atoms with Gasteiger partial charge in [0.05, 0.1) is 33.5 Å². The Kier molecular flexibility index (Phi) is 6.63. The lowest BCUT2D eigenvalue weighted by atomic mass is 10.0. The third kappa shape index (κ3) is 4.64. The van der Waals surface area contributed by atoms with E-state index in [9.17, 15) is 14.4 Å². The molecule has 1 fully saturated rings. The second-order valence-electron chi connectivity index (χ2n) is 10.2. The molecular weight excluding hydrogens is 504 g/mol. The quantitative estimate of drug-likeness (QED) is 0.362. The van der Waals surface area contributed by atoms with E-state index in [1.807, 2.05) is 55.5 Å². The molecule has 0 aliphatic carbocycles. The molecule has 0 atom stereocenters. The van der Waals surface area contributed by atoms with Crippen LogP contribution in [0.15, 0.2) is 76.3 Å². The maximum absolute atomic E-state index is 13.4. The molecule has 0 spiro atoms. The van der Waals surface area contributed by atoms with Crippen LogP contribution in [0.3, 0.4) is 0 Å². The molecular formula is C31H30N6O3. The van der Waals surface area contributed by atoms with Crippen LogP contribution in [-0.2, 0) is 18.4 Å². The molecule has 0 unspecified atom stereocenters. The number of rotatable bonds is 5. The summed E-state index contributed by atoms with van der Waals surface area (Å²) in [6, 6.07) is 20.6. The molecule has 6 rings (SSSR count). The Morgan fingerprint density at radius 2 is 1.48 bits per heavy atom. The fourth-order valence-corrected chi connectivity index (χ4v) is 5.54. The van der Waals surface area contributed by atoms with Crippen LogP contribution >= 0.6 is 0 Å². The minimum absolute atomic E-state index is 0.165. The molecule has 0 radical (unpaired) electrons. The molecule has 9 nitrogen and oxygen atoms in total. The van der Waals surface area contributed by atoms with Crippen molar-refractivity contribution in [1.29, 1.82) is 0 Å². The summed E-state index contributed by atoms with van der Waals surface area (Å²) in [5.74, 6) is -0.349. The number of hydrogen-bond donors (Lipinski definition) is 1. The minimum Gasteiger partial charge on any atom is -0.370 e. The van der Waals surface area contributed by atoms with E-state index in [1.165, 1.54) is 15.8 Å². The predicted molar refractivity (Wildman–Crippen MR) is 158 cm³/mol. The van der Waals surface area contributed by atoms with Gasteiger partial charge in [-0.2, -0.15) is 10.2 Å². The standard InChI is InChI=1S/C31H30N6O3/c1-20-22-10-4-6-12-24(22)31(40)37(33-20)19-28(38)32-26-18-21(14-15-27(26)36-16-8-3-9-17-36)29-23-11-5-7-13-25(23)30(39)35(2)34-29/h4-7,10-15,18H,3,8-9,16-17,19H2,1-2H3,(H,32,38). The lowest BCUT2D eigenvalue weighted by molar-refractivity contribution is -0.117. The van der Waals surface area contributed by atoms with Crippen LogP contribution < -0.4 is 21.3 Å². The van der Waals surface area contributed by atoms with Gasteiger partial charge in [-0.3, -0.25) is 14.4 Å². The number of nitrogens with zero attached hydrogens (tertiary/aromatic N) is 5. The van der Waals surface area contributed by atoms with Gasteiger partial charge in [0.1, 0.15) is 6.54 Å². The zero-order chi connectivity index (χ0) is 27.8. The summed E-state index contributed by atoms with van der Waals surface area (Å²) >= 11 is 0. The van der Waals surface area contributed by atoms with Crippen LogP contribution in [0.5, 0.6) is 0 Å². The summed E-state index contributed by atoms with van der Waals surface area (Å²) < 4.78 is 2.56. The van der Waals surface area contributed by atoms with Crippen LogP contribution in [0.1, 0.15) is 25.0 Å². The predicted octanol–water partition coefficient (Wildman–Crippen LogP) is 4.25. The van der Waals surface area contributed by atoms with Crippen LogP contribution in [0, 0.1) is 6.92 Å². The number of aryl methyl sites for hydroxylation is 2. The van der Waals surface area contributed by atoms with Gasteiger partial charge in [-0.1, -0.05) is 42.5 Å². The topological polar surface area (TPSA) is 102 Å². The molecule has 40 heavy (non-hydrogen) atoms. The van der Waals surface area contributed by atoms with Gasteiger partial charge in [-0.05, 0) is 50.5 Å². The Morgan fingerprint density at radius 1 is 0.825 bits per heavy atom. The number of fused-ring (bicyclic) bond motifs is 2. The Morgan fingerprint density at radius 3 is 2.20 bits per heavy atom. The van der Waals surface area contributed by atoms with E-state index in [2.05, 4.69) is 20.4 Å². The Bertz CT molecular complexity index is 1890. The van der Waals surface area contributed by atoms with Crippen molar-refractivity contribution < 1.29 is 4.79 Å². The van der Waals surface area contributed by atoms with Crippen molar-refractivity contribution >= 4 is 38.8 Å². The number of benzene rings is 3. The number of hydrogen-bond acceptors (Lipinski definition) is 6. The summed E-state index contributed by atoms with van der Waals surface area (Å²) in [6.45, 7) is 3.41. The van der Waals surface area contributed by atoms with Gasteiger partial charge in [0.15, 0.2) is 0 Å². The molecule has 1 amide bonds. The Hall–Kier alpha value is -4.79. The number of carbonyl (C=O) groups excluding carboxylic acids is 1. The third-order valence-corrected chi connectivity index (χ3v) is 7.54. The number of nitrogens with one attached hydrogen (secondary N) is 1. The smallest absolute Gasteiger partial charge is 0.275 e. The first kappa shape index (κ1) is 25.5.